The Hall–Kier alpha value is -1.47. The molecule has 3 rings (SSSR count). The maximum absolute atomic E-state index is 12.6. The molecule has 2 aromatic rings. The molecule has 2 heterocycles. The molecule has 7 heteroatoms. The summed E-state index contributed by atoms with van der Waals surface area (Å²) in [6.07, 6.45) is -2.22. The van der Waals surface area contributed by atoms with Crippen molar-refractivity contribution in [2.24, 2.45) is 0 Å². The largest absolute Gasteiger partial charge is 0.416 e. The smallest absolute Gasteiger partial charge is 0.299 e. The van der Waals surface area contributed by atoms with Crippen molar-refractivity contribution in [2.45, 2.75) is 38.4 Å². The topological polar surface area (TPSA) is 29.0 Å². The Labute approximate surface area is 137 Å². The first-order valence-electron chi connectivity index (χ1n) is 7.60. The Morgan fingerprint density at radius 3 is 2.30 bits per heavy atom. The van der Waals surface area contributed by atoms with Crippen LogP contribution in [-0.4, -0.2) is 28.2 Å². The van der Waals surface area contributed by atoms with Crippen LogP contribution in [0.3, 0.4) is 0 Å². The van der Waals surface area contributed by atoms with Crippen molar-refractivity contribution < 1.29 is 13.2 Å². The van der Waals surface area contributed by atoms with Gasteiger partial charge >= 0.3 is 6.18 Å². The predicted octanol–water partition coefficient (Wildman–Crippen LogP) is 4.24. The van der Waals surface area contributed by atoms with Gasteiger partial charge in [0.2, 0.25) is 0 Å². The number of aromatic nitrogens is 2. The first-order valence-corrected chi connectivity index (χ1v) is 8.42. The molecule has 1 fully saturated rings. The molecule has 0 atom stereocenters. The average Bonchev–Trinajstić information content (AvgIpc) is 2.94. The van der Waals surface area contributed by atoms with Crippen LogP contribution in [0.15, 0.2) is 24.3 Å². The molecule has 1 aliphatic heterocycles. The molecule has 0 spiro atoms. The van der Waals surface area contributed by atoms with Gasteiger partial charge in [0, 0.05) is 12.5 Å². The summed E-state index contributed by atoms with van der Waals surface area (Å²) in [5, 5.41) is 10.4. The molecule has 1 aliphatic rings. The molecule has 0 saturated carbocycles. The van der Waals surface area contributed by atoms with Gasteiger partial charge in [0.1, 0.15) is 10.0 Å². The van der Waals surface area contributed by atoms with Crippen LogP contribution in [0.5, 0.6) is 0 Å². The summed E-state index contributed by atoms with van der Waals surface area (Å²) in [6, 6.07) is 5.46. The summed E-state index contributed by atoms with van der Waals surface area (Å²) in [4.78, 5) is 2.28. The molecule has 3 nitrogen and oxygen atoms in total. The number of likely N-dealkylation sites (tertiary alicyclic amines) is 1. The molecule has 0 radical (unpaired) electrons. The molecular weight excluding hydrogens is 323 g/mol. The molecule has 1 aromatic heterocycles. The van der Waals surface area contributed by atoms with Gasteiger partial charge in [-0.05, 0) is 50.6 Å². The third-order valence-electron chi connectivity index (χ3n) is 4.17. The van der Waals surface area contributed by atoms with E-state index in [0.29, 0.717) is 12.5 Å². The third-order valence-corrected chi connectivity index (χ3v) is 5.17. The van der Waals surface area contributed by atoms with Gasteiger partial charge in [-0.15, -0.1) is 21.5 Å². The third kappa shape index (κ3) is 4.09. The SMILES string of the molecule is Cc1nnc(C2CCN(Cc3ccc(C(F)(F)F)cc3)CC2)s1. The molecule has 0 N–H and O–H groups in total. The molecule has 23 heavy (non-hydrogen) atoms. The fourth-order valence-electron chi connectivity index (χ4n) is 2.87. The monoisotopic (exact) mass is 341 g/mol. The molecule has 0 unspecified atom stereocenters. The summed E-state index contributed by atoms with van der Waals surface area (Å²) in [7, 11) is 0. The number of rotatable bonds is 3. The van der Waals surface area contributed by atoms with Crippen LogP contribution >= 0.6 is 11.3 Å². The van der Waals surface area contributed by atoms with E-state index in [1.54, 1.807) is 23.5 Å². The number of hydrogen-bond acceptors (Lipinski definition) is 4. The number of nitrogens with zero attached hydrogens (tertiary/aromatic N) is 3. The number of alkyl halides is 3. The molecule has 0 bridgehead atoms. The molecular formula is C16H18F3N3S. The maximum atomic E-state index is 12.6. The summed E-state index contributed by atoms with van der Waals surface area (Å²) < 4.78 is 37.7. The van der Waals surface area contributed by atoms with Crippen LogP contribution in [-0.2, 0) is 12.7 Å². The second-order valence-electron chi connectivity index (χ2n) is 5.90. The summed E-state index contributed by atoms with van der Waals surface area (Å²) >= 11 is 1.66. The van der Waals surface area contributed by atoms with E-state index in [4.69, 9.17) is 0 Å². The van der Waals surface area contributed by atoms with E-state index in [1.165, 1.54) is 0 Å². The lowest BCUT2D eigenvalue weighted by Crippen LogP contribution is -2.32. The van der Waals surface area contributed by atoms with Gasteiger partial charge in [-0.25, -0.2) is 0 Å². The van der Waals surface area contributed by atoms with Crippen LogP contribution < -0.4 is 0 Å². The highest BCUT2D eigenvalue weighted by Crippen LogP contribution is 2.31. The van der Waals surface area contributed by atoms with Gasteiger partial charge in [-0.3, -0.25) is 4.90 Å². The lowest BCUT2D eigenvalue weighted by molar-refractivity contribution is -0.137. The summed E-state index contributed by atoms with van der Waals surface area (Å²) in [5.74, 6) is 0.463. The van der Waals surface area contributed by atoms with E-state index in [1.807, 2.05) is 6.92 Å². The summed E-state index contributed by atoms with van der Waals surface area (Å²) in [5.41, 5.74) is 0.329. The number of halogens is 3. The molecule has 0 aliphatic carbocycles. The minimum absolute atomic E-state index is 0.463. The Balaban J connectivity index is 1.54. The highest BCUT2D eigenvalue weighted by Gasteiger charge is 2.30. The second kappa shape index (κ2) is 6.57. The van der Waals surface area contributed by atoms with Gasteiger partial charge in [0.25, 0.3) is 0 Å². The Kier molecular flexibility index (Phi) is 4.68. The fourth-order valence-corrected chi connectivity index (χ4v) is 3.74. The average molecular weight is 341 g/mol. The standard InChI is InChI=1S/C16H18F3N3S/c1-11-20-21-15(23-11)13-6-8-22(9-7-13)10-12-2-4-14(5-3-12)16(17,18)19/h2-5,13H,6-10H2,1H3. The normalized spacial score (nSPS) is 17.6. The summed E-state index contributed by atoms with van der Waals surface area (Å²) in [6.45, 7) is 4.52. The van der Waals surface area contributed by atoms with Crippen LogP contribution in [0.2, 0.25) is 0 Å². The van der Waals surface area contributed by atoms with Gasteiger partial charge in [-0.2, -0.15) is 13.2 Å². The minimum atomic E-state index is -4.27. The molecule has 0 amide bonds. The fraction of sp³-hybridized carbons (Fsp3) is 0.500. The lowest BCUT2D eigenvalue weighted by Gasteiger charge is -2.30. The van der Waals surface area contributed by atoms with Gasteiger partial charge in [0.05, 0.1) is 5.56 Å². The van der Waals surface area contributed by atoms with E-state index >= 15 is 0 Å². The Morgan fingerprint density at radius 1 is 1.13 bits per heavy atom. The van der Waals surface area contributed by atoms with E-state index in [-0.39, 0.29) is 0 Å². The first kappa shape index (κ1) is 16.4. The van der Waals surface area contributed by atoms with E-state index in [2.05, 4.69) is 15.1 Å². The number of benzene rings is 1. The zero-order valence-electron chi connectivity index (χ0n) is 12.8. The zero-order valence-corrected chi connectivity index (χ0v) is 13.6. The van der Waals surface area contributed by atoms with Crippen molar-refractivity contribution in [1.82, 2.24) is 15.1 Å². The van der Waals surface area contributed by atoms with Crippen molar-refractivity contribution in [3.8, 4) is 0 Å². The molecule has 1 saturated heterocycles. The van der Waals surface area contributed by atoms with Gasteiger partial charge in [0.15, 0.2) is 0 Å². The second-order valence-corrected chi connectivity index (χ2v) is 7.12. The predicted molar refractivity (Wildman–Crippen MR) is 83.3 cm³/mol. The highest BCUT2D eigenvalue weighted by molar-refractivity contribution is 7.11. The quantitative estimate of drug-likeness (QED) is 0.836. The van der Waals surface area contributed by atoms with Crippen LogP contribution in [0, 0.1) is 6.92 Å². The van der Waals surface area contributed by atoms with E-state index in [0.717, 1.165) is 53.6 Å². The number of hydrogen-bond donors (Lipinski definition) is 0. The zero-order chi connectivity index (χ0) is 16.4. The first-order chi connectivity index (χ1) is 10.9. The van der Waals surface area contributed by atoms with Gasteiger partial charge < -0.3 is 0 Å². The maximum Gasteiger partial charge on any atom is 0.416 e. The van der Waals surface area contributed by atoms with Crippen molar-refractivity contribution in [3.63, 3.8) is 0 Å². The van der Waals surface area contributed by atoms with Gasteiger partial charge in [-0.1, -0.05) is 12.1 Å². The molecule has 124 valence electrons. The van der Waals surface area contributed by atoms with Crippen molar-refractivity contribution in [3.05, 3.63) is 45.4 Å². The lowest BCUT2D eigenvalue weighted by atomic mass is 9.97. The van der Waals surface area contributed by atoms with Crippen LogP contribution in [0.4, 0.5) is 13.2 Å². The molecule has 1 aromatic carbocycles. The van der Waals surface area contributed by atoms with E-state index in [9.17, 15) is 13.2 Å². The Bertz CT molecular complexity index is 643. The van der Waals surface area contributed by atoms with Crippen molar-refractivity contribution >= 4 is 11.3 Å². The van der Waals surface area contributed by atoms with Crippen LogP contribution in [0.1, 0.15) is 39.9 Å². The van der Waals surface area contributed by atoms with E-state index < -0.39 is 11.7 Å². The minimum Gasteiger partial charge on any atom is -0.299 e. The number of aryl methyl sites for hydroxylation is 1. The van der Waals surface area contributed by atoms with Crippen LogP contribution in [0.25, 0.3) is 0 Å². The van der Waals surface area contributed by atoms with Crippen molar-refractivity contribution in [1.29, 1.82) is 0 Å². The Morgan fingerprint density at radius 2 is 1.78 bits per heavy atom. The van der Waals surface area contributed by atoms with Crippen molar-refractivity contribution in [2.75, 3.05) is 13.1 Å². The number of piperidine rings is 1. The highest BCUT2D eigenvalue weighted by atomic mass is 32.1.